The SMILES string of the molecule is CC(C)C[C@H](NC(=O)[C@H](CCC(=O)O)NC(=O)[C@@H](N)CCCCN)C(=O)N[C@@H](CCCN=C(N)N)C(=O)O. The van der Waals surface area contributed by atoms with Crippen molar-refractivity contribution in [3.05, 3.63) is 0 Å². The van der Waals surface area contributed by atoms with Gasteiger partial charge >= 0.3 is 11.9 Å². The van der Waals surface area contributed by atoms with Gasteiger partial charge in [0, 0.05) is 13.0 Å². The number of carboxylic acids is 2. The number of carbonyl (C=O) groups excluding carboxylic acids is 3. The predicted octanol–water partition coefficient (Wildman–Crippen LogP) is -2.05. The molecule has 0 saturated carbocycles. The third-order valence-corrected chi connectivity index (χ3v) is 5.49. The molecule has 0 aromatic heterocycles. The van der Waals surface area contributed by atoms with Gasteiger partial charge in [-0.1, -0.05) is 20.3 Å². The third kappa shape index (κ3) is 15.6. The topological polar surface area (TPSA) is 278 Å². The van der Waals surface area contributed by atoms with Gasteiger partial charge in [-0.3, -0.25) is 24.2 Å². The van der Waals surface area contributed by atoms with E-state index in [0.29, 0.717) is 25.8 Å². The number of hydrogen-bond acceptors (Lipinski definition) is 8. The van der Waals surface area contributed by atoms with Crippen molar-refractivity contribution in [3.63, 3.8) is 0 Å². The number of nitrogens with zero attached hydrogens (tertiary/aromatic N) is 1. The summed E-state index contributed by atoms with van der Waals surface area (Å²) in [5.41, 5.74) is 21.8. The molecule has 15 nitrogen and oxygen atoms in total. The zero-order chi connectivity index (χ0) is 29.3. The Balaban J connectivity index is 5.49. The van der Waals surface area contributed by atoms with Gasteiger partial charge < -0.3 is 49.1 Å². The molecule has 3 amide bonds. The molecule has 0 radical (unpaired) electrons. The Kier molecular flexibility index (Phi) is 17.0. The summed E-state index contributed by atoms with van der Waals surface area (Å²) in [6.07, 6.45) is 1.43. The van der Waals surface area contributed by atoms with E-state index in [9.17, 15) is 29.1 Å². The number of nitrogens with one attached hydrogen (secondary N) is 3. The lowest BCUT2D eigenvalue weighted by atomic mass is 10.0. The molecule has 0 spiro atoms. The van der Waals surface area contributed by atoms with Gasteiger partial charge in [-0.2, -0.15) is 0 Å². The van der Waals surface area contributed by atoms with E-state index in [4.69, 9.17) is 28.0 Å². The van der Waals surface area contributed by atoms with Crippen LogP contribution in [-0.4, -0.2) is 83.1 Å². The van der Waals surface area contributed by atoms with E-state index >= 15 is 0 Å². The van der Waals surface area contributed by atoms with Crippen molar-refractivity contribution >= 4 is 35.6 Å². The second kappa shape index (κ2) is 18.7. The standard InChI is InChI=1S/C23H44N8O7/c1-13(2)12-17(21(36)30-16(22(37)38)7-5-11-28-23(26)27)31-20(35)15(8-9-18(32)33)29-19(34)14(25)6-3-4-10-24/h13-17H,3-12,24-25H2,1-2H3,(H,29,34)(H,30,36)(H,31,35)(H,32,33)(H,37,38)(H4,26,27,28)/t14-,15-,16-,17-/m0/s1. The minimum atomic E-state index is -1.27. The molecular formula is C23H44N8O7. The monoisotopic (exact) mass is 544 g/mol. The first-order valence-corrected chi connectivity index (χ1v) is 12.6. The summed E-state index contributed by atoms with van der Waals surface area (Å²) in [5.74, 6) is -4.80. The molecular weight excluding hydrogens is 500 g/mol. The van der Waals surface area contributed by atoms with Crippen molar-refractivity contribution in [2.45, 2.75) is 89.4 Å². The Morgan fingerprint density at radius 2 is 1.37 bits per heavy atom. The van der Waals surface area contributed by atoms with Crippen molar-refractivity contribution in [1.82, 2.24) is 16.0 Å². The highest BCUT2D eigenvalue weighted by Gasteiger charge is 2.31. The average molecular weight is 545 g/mol. The fraction of sp³-hybridized carbons (Fsp3) is 0.739. The second-order valence-corrected chi connectivity index (χ2v) is 9.42. The summed E-state index contributed by atoms with van der Waals surface area (Å²) in [6.45, 7) is 4.23. The molecule has 0 aromatic rings. The van der Waals surface area contributed by atoms with E-state index < -0.39 is 60.2 Å². The molecule has 0 fully saturated rings. The normalized spacial score (nSPS) is 14.0. The molecule has 0 rings (SSSR count). The number of aliphatic carboxylic acids is 2. The minimum Gasteiger partial charge on any atom is -0.481 e. The maximum atomic E-state index is 13.1. The maximum absolute atomic E-state index is 13.1. The van der Waals surface area contributed by atoms with Gasteiger partial charge in [0.15, 0.2) is 5.96 Å². The summed E-state index contributed by atoms with van der Waals surface area (Å²) in [6, 6.07) is -4.58. The number of nitrogens with two attached hydrogens (primary N) is 4. The van der Waals surface area contributed by atoms with E-state index in [1.807, 2.05) is 0 Å². The molecule has 15 heteroatoms. The highest BCUT2D eigenvalue weighted by molar-refractivity contribution is 5.94. The van der Waals surface area contributed by atoms with Crippen LogP contribution in [0.4, 0.5) is 0 Å². The van der Waals surface area contributed by atoms with Crippen LogP contribution in [-0.2, 0) is 24.0 Å². The lowest BCUT2D eigenvalue weighted by Gasteiger charge is -2.26. The number of carbonyl (C=O) groups is 5. The van der Waals surface area contributed by atoms with E-state index in [1.54, 1.807) is 13.8 Å². The Labute approximate surface area is 222 Å². The van der Waals surface area contributed by atoms with Crippen molar-refractivity contribution in [2.24, 2.45) is 33.8 Å². The van der Waals surface area contributed by atoms with E-state index in [1.165, 1.54) is 0 Å². The van der Waals surface area contributed by atoms with Crippen molar-refractivity contribution in [1.29, 1.82) is 0 Å². The van der Waals surface area contributed by atoms with Gasteiger partial charge in [0.1, 0.15) is 18.1 Å². The second-order valence-electron chi connectivity index (χ2n) is 9.42. The quantitative estimate of drug-likeness (QED) is 0.0456. The van der Waals surface area contributed by atoms with Gasteiger partial charge in [0.05, 0.1) is 6.04 Å². The van der Waals surface area contributed by atoms with Crippen LogP contribution in [0.1, 0.15) is 65.2 Å². The highest BCUT2D eigenvalue weighted by Crippen LogP contribution is 2.09. The van der Waals surface area contributed by atoms with Crippen molar-refractivity contribution < 1.29 is 34.2 Å². The largest absolute Gasteiger partial charge is 0.481 e. The molecule has 0 heterocycles. The summed E-state index contributed by atoms with van der Waals surface area (Å²) >= 11 is 0. The predicted molar refractivity (Wildman–Crippen MR) is 141 cm³/mol. The van der Waals surface area contributed by atoms with E-state index in [2.05, 4.69) is 20.9 Å². The fourth-order valence-corrected chi connectivity index (χ4v) is 3.46. The zero-order valence-corrected chi connectivity index (χ0v) is 22.2. The lowest BCUT2D eigenvalue weighted by Crippen LogP contribution is -2.57. The summed E-state index contributed by atoms with van der Waals surface area (Å²) in [7, 11) is 0. The molecule has 218 valence electrons. The number of unbranched alkanes of at least 4 members (excludes halogenated alkanes) is 1. The number of guanidine groups is 1. The van der Waals surface area contributed by atoms with Crippen molar-refractivity contribution in [3.8, 4) is 0 Å². The van der Waals surface area contributed by atoms with Crippen LogP contribution >= 0.6 is 0 Å². The number of rotatable bonds is 20. The third-order valence-electron chi connectivity index (χ3n) is 5.49. The van der Waals surface area contributed by atoms with Crippen LogP contribution in [0, 0.1) is 5.92 Å². The van der Waals surface area contributed by atoms with Crippen LogP contribution in [0.15, 0.2) is 4.99 Å². The molecule has 0 bridgehead atoms. The molecule has 0 aliphatic rings. The number of carboxylic acid groups (broad SMARTS) is 2. The summed E-state index contributed by atoms with van der Waals surface area (Å²) in [5, 5.41) is 26.0. The van der Waals surface area contributed by atoms with Crippen LogP contribution in [0.2, 0.25) is 0 Å². The Morgan fingerprint density at radius 3 is 1.89 bits per heavy atom. The fourth-order valence-electron chi connectivity index (χ4n) is 3.46. The molecule has 13 N–H and O–H groups in total. The Hall–Kier alpha value is -3.46. The lowest BCUT2D eigenvalue weighted by molar-refractivity contribution is -0.142. The molecule has 0 unspecified atom stereocenters. The summed E-state index contributed by atoms with van der Waals surface area (Å²) < 4.78 is 0. The zero-order valence-electron chi connectivity index (χ0n) is 22.2. The Bertz CT molecular complexity index is 818. The first-order valence-electron chi connectivity index (χ1n) is 12.6. The van der Waals surface area contributed by atoms with Gasteiger partial charge in [0.25, 0.3) is 0 Å². The molecule has 0 aliphatic heterocycles. The van der Waals surface area contributed by atoms with Crippen LogP contribution < -0.4 is 38.9 Å². The average Bonchev–Trinajstić information content (AvgIpc) is 2.82. The first kappa shape index (κ1) is 34.5. The number of amides is 3. The number of hydrogen-bond donors (Lipinski definition) is 9. The molecule has 0 aliphatic carbocycles. The molecule has 0 saturated heterocycles. The minimum absolute atomic E-state index is 0.0412. The van der Waals surface area contributed by atoms with Gasteiger partial charge in [0.2, 0.25) is 17.7 Å². The summed E-state index contributed by atoms with van der Waals surface area (Å²) in [4.78, 5) is 65.1. The highest BCUT2D eigenvalue weighted by atomic mass is 16.4. The van der Waals surface area contributed by atoms with Crippen LogP contribution in [0.3, 0.4) is 0 Å². The van der Waals surface area contributed by atoms with E-state index in [0.717, 1.165) is 0 Å². The van der Waals surface area contributed by atoms with E-state index in [-0.39, 0.29) is 44.1 Å². The molecule has 38 heavy (non-hydrogen) atoms. The molecule has 0 aromatic carbocycles. The molecule has 4 atom stereocenters. The first-order chi connectivity index (χ1) is 17.8. The van der Waals surface area contributed by atoms with Crippen molar-refractivity contribution in [2.75, 3.05) is 13.1 Å². The smallest absolute Gasteiger partial charge is 0.326 e. The van der Waals surface area contributed by atoms with Gasteiger partial charge in [-0.05, 0) is 51.0 Å². The van der Waals surface area contributed by atoms with Crippen LogP contribution in [0.25, 0.3) is 0 Å². The number of aliphatic imine (C=N–C) groups is 1. The maximum Gasteiger partial charge on any atom is 0.326 e. The van der Waals surface area contributed by atoms with Gasteiger partial charge in [-0.25, -0.2) is 4.79 Å². The Morgan fingerprint density at radius 1 is 0.789 bits per heavy atom. The van der Waals surface area contributed by atoms with Crippen LogP contribution in [0.5, 0.6) is 0 Å². The van der Waals surface area contributed by atoms with Gasteiger partial charge in [-0.15, -0.1) is 0 Å².